The predicted octanol–water partition coefficient (Wildman–Crippen LogP) is 2.53. The van der Waals surface area contributed by atoms with Crippen LogP contribution in [0, 0.1) is 5.82 Å². The van der Waals surface area contributed by atoms with Gasteiger partial charge in [0.05, 0.1) is 0 Å². The molecule has 20 heavy (non-hydrogen) atoms. The molecular formula is C14H14FNO4. The lowest BCUT2D eigenvalue weighted by molar-refractivity contribution is -0.0365. The van der Waals surface area contributed by atoms with Crippen molar-refractivity contribution in [1.29, 1.82) is 0 Å². The van der Waals surface area contributed by atoms with Crippen LogP contribution in [0.4, 0.5) is 9.18 Å². The highest BCUT2D eigenvalue weighted by Gasteiger charge is 2.38. The average molecular weight is 279 g/mol. The van der Waals surface area contributed by atoms with E-state index in [2.05, 4.69) is 0 Å². The van der Waals surface area contributed by atoms with Crippen LogP contribution in [0.15, 0.2) is 28.7 Å². The number of amides is 1. The van der Waals surface area contributed by atoms with Crippen molar-refractivity contribution in [3.8, 4) is 0 Å². The highest BCUT2D eigenvalue weighted by atomic mass is 19.1. The Kier molecular flexibility index (Phi) is 2.90. The summed E-state index contributed by atoms with van der Waals surface area (Å²) in [6.07, 6.45) is -0.524. The van der Waals surface area contributed by atoms with Gasteiger partial charge in [-0.2, -0.15) is 0 Å². The topological polar surface area (TPSA) is 73.9 Å². The number of hydrogen-bond acceptors (Lipinski definition) is 3. The van der Waals surface area contributed by atoms with Crippen molar-refractivity contribution in [2.24, 2.45) is 0 Å². The number of nitrogens with zero attached hydrogens (tertiary/aromatic N) is 1. The van der Waals surface area contributed by atoms with E-state index >= 15 is 0 Å². The first-order valence-corrected chi connectivity index (χ1v) is 6.38. The molecule has 0 bridgehead atoms. The second-order valence-electron chi connectivity index (χ2n) is 5.07. The fourth-order valence-corrected chi connectivity index (χ4v) is 2.57. The number of benzene rings is 1. The molecule has 2 aromatic rings. The highest BCUT2D eigenvalue weighted by Crippen LogP contribution is 2.36. The third-order valence-electron chi connectivity index (χ3n) is 3.82. The number of likely N-dealkylation sites (tertiary alicyclic amines) is 1. The van der Waals surface area contributed by atoms with E-state index in [-0.39, 0.29) is 31.5 Å². The molecule has 0 saturated carbocycles. The molecule has 0 spiro atoms. The zero-order valence-corrected chi connectivity index (χ0v) is 10.7. The Labute approximate surface area is 114 Å². The number of piperidine rings is 1. The predicted molar refractivity (Wildman–Crippen MR) is 68.9 cm³/mol. The normalized spacial score (nSPS) is 18.4. The van der Waals surface area contributed by atoms with Crippen LogP contribution in [0.25, 0.3) is 11.0 Å². The van der Waals surface area contributed by atoms with Crippen molar-refractivity contribution >= 4 is 17.1 Å². The van der Waals surface area contributed by atoms with Crippen molar-refractivity contribution in [1.82, 2.24) is 4.90 Å². The van der Waals surface area contributed by atoms with Gasteiger partial charge in [-0.05, 0) is 12.1 Å². The van der Waals surface area contributed by atoms with Gasteiger partial charge in [0, 0.05) is 31.3 Å². The van der Waals surface area contributed by atoms with Crippen LogP contribution >= 0.6 is 0 Å². The summed E-state index contributed by atoms with van der Waals surface area (Å²) in [7, 11) is 0. The Morgan fingerprint density at radius 2 is 2.05 bits per heavy atom. The van der Waals surface area contributed by atoms with Gasteiger partial charge in [-0.25, -0.2) is 9.18 Å². The number of fused-ring (bicyclic) bond motifs is 1. The monoisotopic (exact) mass is 279 g/mol. The molecule has 1 amide bonds. The lowest BCUT2D eigenvalue weighted by atomic mass is 9.89. The SMILES string of the molecule is O=C(O)N1CCC(O)(c2cc3cccc(F)c3o2)CC1. The van der Waals surface area contributed by atoms with Gasteiger partial charge in [-0.3, -0.25) is 0 Å². The first-order chi connectivity index (χ1) is 9.49. The minimum absolute atomic E-state index is 0.122. The molecule has 3 rings (SSSR count). The molecule has 0 aliphatic carbocycles. The van der Waals surface area contributed by atoms with Crippen molar-refractivity contribution in [3.05, 3.63) is 35.8 Å². The molecule has 1 saturated heterocycles. The quantitative estimate of drug-likeness (QED) is 0.841. The van der Waals surface area contributed by atoms with Gasteiger partial charge in [0.1, 0.15) is 11.4 Å². The van der Waals surface area contributed by atoms with Gasteiger partial charge in [0.25, 0.3) is 0 Å². The fraction of sp³-hybridized carbons (Fsp3) is 0.357. The molecule has 2 heterocycles. The van der Waals surface area contributed by atoms with Crippen LogP contribution in [-0.2, 0) is 5.60 Å². The molecule has 1 aromatic heterocycles. The third kappa shape index (κ3) is 2.02. The van der Waals surface area contributed by atoms with Crippen molar-refractivity contribution in [2.45, 2.75) is 18.4 Å². The van der Waals surface area contributed by atoms with Crippen molar-refractivity contribution < 1.29 is 23.8 Å². The zero-order valence-electron chi connectivity index (χ0n) is 10.7. The molecule has 1 aliphatic rings. The van der Waals surface area contributed by atoms with Crippen LogP contribution in [0.3, 0.4) is 0 Å². The summed E-state index contributed by atoms with van der Waals surface area (Å²) in [5.41, 5.74) is -1.12. The van der Waals surface area contributed by atoms with Gasteiger partial charge in [-0.1, -0.05) is 12.1 Å². The summed E-state index contributed by atoms with van der Waals surface area (Å²) >= 11 is 0. The second-order valence-corrected chi connectivity index (χ2v) is 5.07. The first-order valence-electron chi connectivity index (χ1n) is 6.38. The molecule has 1 aromatic carbocycles. The Bertz CT molecular complexity index is 658. The minimum atomic E-state index is -1.24. The van der Waals surface area contributed by atoms with Crippen LogP contribution in [-0.4, -0.2) is 34.3 Å². The Balaban J connectivity index is 1.91. The maximum atomic E-state index is 13.6. The van der Waals surface area contributed by atoms with E-state index in [1.165, 1.54) is 11.0 Å². The van der Waals surface area contributed by atoms with Crippen LogP contribution in [0.2, 0.25) is 0 Å². The number of para-hydroxylation sites is 1. The molecule has 1 aliphatic heterocycles. The van der Waals surface area contributed by atoms with E-state index in [0.29, 0.717) is 11.1 Å². The second kappa shape index (κ2) is 4.49. The summed E-state index contributed by atoms with van der Waals surface area (Å²) in [4.78, 5) is 12.1. The van der Waals surface area contributed by atoms with E-state index in [1.807, 2.05) is 0 Å². The van der Waals surface area contributed by atoms with Gasteiger partial charge < -0.3 is 19.5 Å². The number of hydrogen-bond donors (Lipinski definition) is 2. The Morgan fingerprint density at radius 1 is 1.35 bits per heavy atom. The number of rotatable bonds is 1. The smallest absolute Gasteiger partial charge is 0.407 e. The van der Waals surface area contributed by atoms with E-state index < -0.39 is 17.5 Å². The number of halogens is 1. The van der Waals surface area contributed by atoms with E-state index in [9.17, 15) is 14.3 Å². The molecule has 0 radical (unpaired) electrons. The summed E-state index contributed by atoms with van der Waals surface area (Å²) < 4.78 is 19.0. The molecule has 0 unspecified atom stereocenters. The lowest BCUT2D eigenvalue weighted by Crippen LogP contribution is -2.44. The molecule has 106 valence electrons. The van der Waals surface area contributed by atoms with E-state index in [1.54, 1.807) is 18.2 Å². The third-order valence-corrected chi connectivity index (χ3v) is 3.82. The molecule has 0 atom stereocenters. The van der Waals surface area contributed by atoms with E-state index in [0.717, 1.165) is 0 Å². The zero-order chi connectivity index (χ0) is 14.3. The van der Waals surface area contributed by atoms with Crippen LogP contribution in [0.1, 0.15) is 18.6 Å². The Hall–Kier alpha value is -2.08. The molecule has 6 heteroatoms. The Morgan fingerprint density at radius 3 is 2.65 bits per heavy atom. The van der Waals surface area contributed by atoms with Crippen LogP contribution in [0.5, 0.6) is 0 Å². The number of carboxylic acid groups (broad SMARTS) is 1. The summed E-state index contributed by atoms with van der Waals surface area (Å²) in [5, 5.41) is 20.1. The number of aliphatic hydroxyl groups is 1. The van der Waals surface area contributed by atoms with E-state index in [4.69, 9.17) is 9.52 Å². The van der Waals surface area contributed by atoms with Gasteiger partial charge in [0.2, 0.25) is 0 Å². The molecular weight excluding hydrogens is 265 g/mol. The van der Waals surface area contributed by atoms with Crippen molar-refractivity contribution in [3.63, 3.8) is 0 Å². The summed E-state index contributed by atoms with van der Waals surface area (Å²) in [5.74, 6) is -0.178. The highest BCUT2D eigenvalue weighted by molar-refractivity contribution is 5.78. The minimum Gasteiger partial charge on any atom is -0.465 e. The largest absolute Gasteiger partial charge is 0.465 e. The molecule has 2 N–H and O–H groups in total. The maximum Gasteiger partial charge on any atom is 0.407 e. The number of furan rings is 1. The maximum absolute atomic E-state index is 13.6. The summed E-state index contributed by atoms with van der Waals surface area (Å²) in [6.45, 7) is 0.455. The summed E-state index contributed by atoms with van der Waals surface area (Å²) in [6, 6.07) is 6.21. The standard InChI is InChI=1S/C14H14FNO4/c15-10-3-1-2-9-8-11(20-12(9)10)14(19)4-6-16(7-5-14)13(17)18/h1-3,8,19H,4-7H2,(H,17,18). The molecule has 1 fully saturated rings. The van der Waals surface area contributed by atoms with Crippen LogP contribution < -0.4 is 0 Å². The van der Waals surface area contributed by atoms with Crippen molar-refractivity contribution in [2.75, 3.05) is 13.1 Å². The lowest BCUT2D eigenvalue weighted by Gasteiger charge is -2.35. The van der Waals surface area contributed by atoms with Gasteiger partial charge >= 0.3 is 6.09 Å². The van der Waals surface area contributed by atoms with Gasteiger partial charge in [-0.15, -0.1) is 0 Å². The van der Waals surface area contributed by atoms with Gasteiger partial charge in [0.15, 0.2) is 11.4 Å². The average Bonchev–Trinajstić information content (AvgIpc) is 2.85. The fourth-order valence-electron chi connectivity index (χ4n) is 2.57. The number of carbonyl (C=O) groups is 1. The first kappa shape index (κ1) is 12.9. The molecule has 5 nitrogen and oxygen atoms in total.